The Labute approximate surface area is 197 Å². The van der Waals surface area contributed by atoms with Crippen molar-refractivity contribution in [1.29, 1.82) is 0 Å². The number of hydrogen-bond acceptors (Lipinski definition) is 4. The van der Waals surface area contributed by atoms with Gasteiger partial charge in [0.2, 0.25) is 17.7 Å². The summed E-state index contributed by atoms with van der Waals surface area (Å²) in [6.07, 6.45) is 1.11. The van der Waals surface area contributed by atoms with Crippen LogP contribution in [0.2, 0.25) is 0 Å². The molecule has 0 radical (unpaired) electrons. The minimum absolute atomic E-state index is 0.0196. The van der Waals surface area contributed by atoms with Gasteiger partial charge in [0.15, 0.2) is 0 Å². The predicted molar refractivity (Wildman–Crippen MR) is 127 cm³/mol. The Hall–Kier alpha value is -2.41. The third kappa shape index (κ3) is 6.14. The molecular formula is C26H39N3O4. The van der Waals surface area contributed by atoms with E-state index in [0.29, 0.717) is 6.54 Å². The summed E-state index contributed by atoms with van der Waals surface area (Å²) in [5.41, 5.74) is 1.59. The van der Waals surface area contributed by atoms with E-state index < -0.39 is 23.6 Å². The Morgan fingerprint density at radius 1 is 1.06 bits per heavy atom. The van der Waals surface area contributed by atoms with E-state index in [9.17, 15) is 19.5 Å². The molecule has 1 saturated carbocycles. The zero-order chi connectivity index (χ0) is 24.6. The van der Waals surface area contributed by atoms with Crippen molar-refractivity contribution >= 4 is 17.7 Å². The smallest absolute Gasteiger partial charge is 0.246 e. The first-order valence-corrected chi connectivity index (χ1v) is 11.9. The van der Waals surface area contributed by atoms with Gasteiger partial charge in [-0.25, -0.2) is 0 Å². The van der Waals surface area contributed by atoms with E-state index in [0.717, 1.165) is 24.0 Å². The minimum Gasteiger partial charge on any atom is -0.391 e. The molecule has 0 spiro atoms. The van der Waals surface area contributed by atoms with Gasteiger partial charge in [0, 0.05) is 25.4 Å². The van der Waals surface area contributed by atoms with E-state index in [-0.39, 0.29) is 42.0 Å². The number of nitrogens with zero attached hydrogens (tertiary/aromatic N) is 1. The Morgan fingerprint density at radius 2 is 1.70 bits per heavy atom. The van der Waals surface area contributed by atoms with E-state index >= 15 is 0 Å². The minimum atomic E-state index is -0.772. The molecule has 1 aromatic rings. The van der Waals surface area contributed by atoms with Crippen LogP contribution >= 0.6 is 0 Å². The number of rotatable bonds is 6. The van der Waals surface area contributed by atoms with Crippen molar-refractivity contribution in [3.05, 3.63) is 35.4 Å². The molecule has 0 bridgehead atoms. The van der Waals surface area contributed by atoms with Crippen molar-refractivity contribution in [3.63, 3.8) is 0 Å². The number of carbonyl (C=O) groups is 3. The SMILES string of the molecule is CC(C)(C)c1ccccc1CNC(=O)C1CC(O)CN1C(=O)C(NC(=O)C1CC1)C(C)(C)C. The van der Waals surface area contributed by atoms with Crippen LogP contribution in [-0.4, -0.2) is 52.5 Å². The van der Waals surface area contributed by atoms with Gasteiger partial charge in [-0.15, -0.1) is 0 Å². The molecule has 1 aromatic carbocycles. The lowest BCUT2D eigenvalue weighted by molar-refractivity contribution is -0.144. The average Bonchev–Trinajstić information content (AvgIpc) is 3.50. The molecule has 2 aliphatic rings. The van der Waals surface area contributed by atoms with Gasteiger partial charge < -0.3 is 20.6 Å². The first kappa shape index (κ1) is 25.2. The van der Waals surface area contributed by atoms with Crippen LogP contribution in [0.5, 0.6) is 0 Å². The van der Waals surface area contributed by atoms with Gasteiger partial charge in [0.25, 0.3) is 0 Å². The Balaban J connectivity index is 1.73. The van der Waals surface area contributed by atoms with Gasteiger partial charge in [0.1, 0.15) is 12.1 Å². The van der Waals surface area contributed by atoms with Crippen molar-refractivity contribution < 1.29 is 19.5 Å². The number of β-amino-alcohol motifs (C(OH)–C–C–N with tert-alkyl or cyclic N) is 1. The van der Waals surface area contributed by atoms with Gasteiger partial charge in [-0.2, -0.15) is 0 Å². The lowest BCUT2D eigenvalue weighted by atomic mass is 9.84. The van der Waals surface area contributed by atoms with E-state index in [2.05, 4.69) is 37.5 Å². The highest BCUT2D eigenvalue weighted by atomic mass is 16.3. The van der Waals surface area contributed by atoms with E-state index in [1.807, 2.05) is 39.0 Å². The summed E-state index contributed by atoms with van der Waals surface area (Å²) >= 11 is 0. The van der Waals surface area contributed by atoms with Crippen molar-refractivity contribution in [3.8, 4) is 0 Å². The lowest BCUT2D eigenvalue weighted by Crippen LogP contribution is -2.58. The molecule has 3 N–H and O–H groups in total. The normalized spacial score (nSPS) is 22.1. The number of amides is 3. The standard InChI is InChI=1S/C26H39N3O4/c1-25(2,3)19-10-8-7-9-17(19)14-27-23(32)20-13-18(30)15-29(20)24(33)21(26(4,5)6)28-22(31)16-11-12-16/h7-10,16,18,20-21,30H,11-15H2,1-6H3,(H,27,32)(H,28,31). The van der Waals surface area contributed by atoms with Crippen molar-refractivity contribution in [2.45, 2.75) is 91.0 Å². The molecule has 7 nitrogen and oxygen atoms in total. The number of aliphatic hydroxyl groups is 1. The quantitative estimate of drug-likeness (QED) is 0.611. The molecule has 1 heterocycles. The number of hydrogen-bond donors (Lipinski definition) is 3. The fourth-order valence-corrected chi connectivity index (χ4v) is 4.43. The molecule has 182 valence electrons. The van der Waals surface area contributed by atoms with Crippen LogP contribution < -0.4 is 10.6 Å². The third-order valence-electron chi connectivity index (χ3n) is 6.49. The molecule has 3 atom stereocenters. The molecule has 7 heteroatoms. The summed E-state index contributed by atoms with van der Waals surface area (Å²) in [6, 6.07) is 6.47. The van der Waals surface area contributed by atoms with Gasteiger partial charge in [-0.05, 0) is 34.8 Å². The molecule has 1 aliphatic heterocycles. The summed E-state index contributed by atoms with van der Waals surface area (Å²) < 4.78 is 0. The number of nitrogens with one attached hydrogen (secondary N) is 2. The second kappa shape index (κ2) is 9.45. The van der Waals surface area contributed by atoms with Crippen LogP contribution in [0.3, 0.4) is 0 Å². The maximum atomic E-state index is 13.5. The maximum Gasteiger partial charge on any atom is 0.246 e. The van der Waals surface area contributed by atoms with E-state index in [1.54, 1.807) is 0 Å². The summed E-state index contributed by atoms with van der Waals surface area (Å²) in [7, 11) is 0. The lowest BCUT2D eigenvalue weighted by Gasteiger charge is -2.35. The summed E-state index contributed by atoms with van der Waals surface area (Å²) in [6.45, 7) is 12.5. The largest absolute Gasteiger partial charge is 0.391 e. The highest BCUT2D eigenvalue weighted by Crippen LogP contribution is 2.31. The first-order chi connectivity index (χ1) is 15.3. The van der Waals surface area contributed by atoms with Crippen LogP contribution in [0, 0.1) is 11.3 Å². The van der Waals surface area contributed by atoms with Gasteiger partial charge in [-0.1, -0.05) is 65.8 Å². The van der Waals surface area contributed by atoms with Gasteiger partial charge >= 0.3 is 0 Å². The monoisotopic (exact) mass is 457 g/mol. The molecule has 1 aliphatic carbocycles. The molecule has 33 heavy (non-hydrogen) atoms. The zero-order valence-electron chi connectivity index (χ0n) is 20.8. The topological polar surface area (TPSA) is 98.7 Å². The molecule has 3 rings (SSSR count). The van der Waals surface area contributed by atoms with Crippen molar-refractivity contribution in [2.75, 3.05) is 6.54 Å². The van der Waals surface area contributed by atoms with Crippen LogP contribution in [0.4, 0.5) is 0 Å². The number of likely N-dealkylation sites (tertiary alicyclic amines) is 1. The van der Waals surface area contributed by atoms with Crippen molar-refractivity contribution in [1.82, 2.24) is 15.5 Å². The van der Waals surface area contributed by atoms with Gasteiger partial charge in [0.05, 0.1) is 6.10 Å². The Morgan fingerprint density at radius 3 is 2.27 bits per heavy atom. The number of benzene rings is 1. The Kier molecular flexibility index (Phi) is 7.22. The molecule has 2 fully saturated rings. The highest BCUT2D eigenvalue weighted by molar-refractivity contribution is 5.93. The van der Waals surface area contributed by atoms with Crippen LogP contribution in [0.1, 0.15) is 71.9 Å². The predicted octanol–water partition coefficient (Wildman–Crippen LogP) is 2.50. The van der Waals surface area contributed by atoms with E-state index in [1.165, 1.54) is 4.90 Å². The number of carbonyl (C=O) groups excluding carboxylic acids is 3. The number of aliphatic hydroxyl groups excluding tert-OH is 1. The second-order valence-corrected chi connectivity index (χ2v) is 11.6. The zero-order valence-corrected chi connectivity index (χ0v) is 20.8. The highest BCUT2D eigenvalue weighted by Gasteiger charge is 2.45. The van der Waals surface area contributed by atoms with Crippen LogP contribution in [-0.2, 0) is 26.3 Å². The summed E-state index contributed by atoms with van der Waals surface area (Å²) in [5.74, 6) is -0.732. The molecule has 0 aromatic heterocycles. The van der Waals surface area contributed by atoms with Crippen LogP contribution in [0.15, 0.2) is 24.3 Å². The third-order valence-corrected chi connectivity index (χ3v) is 6.49. The molecular weight excluding hydrogens is 418 g/mol. The fraction of sp³-hybridized carbons (Fsp3) is 0.654. The maximum absolute atomic E-state index is 13.5. The first-order valence-electron chi connectivity index (χ1n) is 11.9. The summed E-state index contributed by atoms with van der Waals surface area (Å²) in [5, 5.41) is 16.2. The van der Waals surface area contributed by atoms with Gasteiger partial charge in [-0.3, -0.25) is 14.4 Å². The molecule has 1 saturated heterocycles. The van der Waals surface area contributed by atoms with Crippen LogP contribution in [0.25, 0.3) is 0 Å². The summed E-state index contributed by atoms with van der Waals surface area (Å²) in [4.78, 5) is 40.5. The second-order valence-electron chi connectivity index (χ2n) is 11.6. The van der Waals surface area contributed by atoms with E-state index in [4.69, 9.17) is 0 Å². The fourth-order valence-electron chi connectivity index (χ4n) is 4.43. The van der Waals surface area contributed by atoms with Crippen molar-refractivity contribution in [2.24, 2.45) is 11.3 Å². The Bertz CT molecular complexity index is 896. The molecule has 3 amide bonds. The molecule has 3 unspecified atom stereocenters. The average molecular weight is 458 g/mol.